The number of carbonyl (C=O) groups excluding carboxylic acids is 3. The molecule has 0 aromatic heterocycles. The standard InChI is InChI=1S/C14H22O4/c1-9(15)12(13(17)18-14(2,3)4)11(16)8-10-6-5-7-10/h10,12H,5-8H2,1-4H3. The quantitative estimate of drug-likeness (QED) is 0.558. The Balaban J connectivity index is 2.65. The second-order valence-electron chi connectivity index (χ2n) is 6.04. The molecule has 1 saturated carbocycles. The first kappa shape index (κ1) is 14.9. The molecule has 4 nitrogen and oxygen atoms in total. The van der Waals surface area contributed by atoms with E-state index in [-0.39, 0.29) is 5.78 Å². The zero-order valence-corrected chi connectivity index (χ0v) is 11.6. The number of rotatable bonds is 5. The van der Waals surface area contributed by atoms with Crippen LogP contribution in [0.4, 0.5) is 0 Å². The van der Waals surface area contributed by atoms with Gasteiger partial charge in [0.1, 0.15) is 5.60 Å². The summed E-state index contributed by atoms with van der Waals surface area (Å²) in [6.07, 6.45) is 3.49. The second kappa shape index (κ2) is 5.63. The van der Waals surface area contributed by atoms with Gasteiger partial charge in [0, 0.05) is 6.42 Å². The Hall–Kier alpha value is -1.19. The summed E-state index contributed by atoms with van der Waals surface area (Å²) in [4.78, 5) is 35.3. The number of ketones is 2. The summed E-state index contributed by atoms with van der Waals surface area (Å²) < 4.78 is 5.13. The molecule has 0 aromatic carbocycles. The van der Waals surface area contributed by atoms with Gasteiger partial charge in [-0.1, -0.05) is 19.3 Å². The minimum Gasteiger partial charge on any atom is -0.459 e. The molecule has 0 amide bonds. The number of Topliss-reactive ketones (excluding diaryl/α,β-unsaturated/α-hetero) is 2. The predicted molar refractivity (Wildman–Crippen MR) is 67.0 cm³/mol. The largest absolute Gasteiger partial charge is 0.459 e. The van der Waals surface area contributed by atoms with Gasteiger partial charge in [0.15, 0.2) is 17.5 Å². The van der Waals surface area contributed by atoms with Crippen molar-refractivity contribution in [2.24, 2.45) is 11.8 Å². The third kappa shape index (κ3) is 4.24. The molecular formula is C14H22O4. The third-order valence-electron chi connectivity index (χ3n) is 3.09. The summed E-state index contributed by atoms with van der Waals surface area (Å²) in [5.41, 5.74) is -0.679. The van der Waals surface area contributed by atoms with E-state index < -0.39 is 23.3 Å². The van der Waals surface area contributed by atoms with Crippen molar-refractivity contribution in [2.75, 3.05) is 0 Å². The van der Waals surface area contributed by atoms with Crippen LogP contribution in [-0.2, 0) is 19.1 Å². The van der Waals surface area contributed by atoms with Gasteiger partial charge in [-0.05, 0) is 33.6 Å². The molecule has 1 fully saturated rings. The number of esters is 1. The van der Waals surface area contributed by atoms with Gasteiger partial charge in [0.05, 0.1) is 0 Å². The van der Waals surface area contributed by atoms with Gasteiger partial charge in [0.2, 0.25) is 0 Å². The Morgan fingerprint density at radius 1 is 1.22 bits per heavy atom. The number of hydrogen-bond acceptors (Lipinski definition) is 4. The fourth-order valence-corrected chi connectivity index (χ4v) is 1.98. The van der Waals surface area contributed by atoms with Crippen LogP contribution in [0.5, 0.6) is 0 Å². The molecule has 0 spiro atoms. The summed E-state index contributed by atoms with van der Waals surface area (Å²) in [7, 11) is 0. The van der Waals surface area contributed by atoms with E-state index in [4.69, 9.17) is 4.74 Å². The Morgan fingerprint density at radius 3 is 2.11 bits per heavy atom. The smallest absolute Gasteiger partial charge is 0.324 e. The van der Waals surface area contributed by atoms with Crippen molar-refractivity contribution in [3.8, 4) is 0 Å². The second-order valence-corrected chi connectivity index (χ2v) is 6.04. The van der Waals surface area contributed by atoms with E-state index in [0.717, 1.165) is 19.3 Å². The lowest BCUT2D eigenvalue weighted by atomic mass is 9.79. The predicted octanol–water partition coefficient (Wildman–Crippen LogP) is 2.29. The van der Waals surface area contributed by atoms with Gasteiger partial charge in [0.25, 0.3) is 0 Å². The summed E-state index contributed by atoms with van der Waals surface area (Å²) in [6, 6.07) is 0. The van der Waals surface area contributed by atoms with Crippen molar-refractivity contribution in [3.05, 3.63) is 0 Å². The van der Waals surface area contributed by atoms with Crippen LogP contribution in [0.1, 0.15) is 53.4 Å². The molecule has 0 heterocycles. The van der Waals surface area contributed by atoms with E-state index in [2.05, 4.69) is 0 Å². The molecule has 0 aromatic rings. The van der Waals surface area contributed by atoms with Crippen molar-refractivity contribution in [1.82, 2.24) is 0 Å². The summed E-state index contributed by atoms with van der Waals surface area (Å²) in [5, 5.41) is 0. The molecule has 1 atom stereocenters. The molecule has 4 heteroatoms. The van der Waals surface area contributed by atoms with E-state index in [1.807, 2.05) is 0 Å². The zero-order chi connectivity index (χ0) is 13.9. The molecular weight excluding hydrogens is 232 g/mol. The molecule has 1 unspecified atom stereocenters. The number of ether oxygens (including phenoxy) is 1. The highest BCUT2D eigenvalue weighted by atomic mass is 16.6. The SMILES string of the molecule is CC(=O)C(C(=O)CC1CCC1)C(=O)OC(C)(C)C. The molecule has 0 N–H and O–H groups in total. The van der Waals surface area contributed by atoms with E-state index in [0.29, 0.717) is 12.3 Å². The van der Waals surface area contributed by atoms with Crippen molar-refractivity contribution in [2.45, 2.75) is 59.0 Å². The fraction of sp³-hybridized carbons (Fsp3) is 0.786. The minimum absolute atomic E-state index is 0.290. The summed E-state index contributed by atoms with van der Waals surface area (Å²) in [5.74, 6) is -2.30. The summed E-state index contributed by atoms with van der Waals surface area (Å²) >= 11 is 0. The first-order chi connectivity index (χ1) is 8.20. The highest BCUT2D eigenvalue weighted by Crippen LogP contribution is 2.31. The van der Waals surface area contributed by atoms with E-state index in [1.165, 1.54) is 6.92 Å². The number of hydrogen-bond donors (Lipinski definition) is 0. The van der Waals surface area contributed by atoms with Crippen LogP contribution in [0.15, 0.2) is 0 Å². The highest BCUT2D eigenvalue weighted by molar-refractivity contribution is 6.16. The Kier molecular flexibility index (Phi) is 4.65. The lowest BCUT2D eigenvalue weighted by Gasteiger charge is -2.26. The average molecular weight is 254 g/mol. The van der Waals surface area contributed by atoms with Crippen LogP contribution in [0.2, 0.25) is 0 Å². The third-order valence-corrected chi connectivity index (χ3v) is 3.09. The van der Waals surface area contributed by atoms with Crippen LogP contribution >= 0.6 is 0 Å². The maximum Gasteiger partial charge on any atom is 0.324 e. The normalized spacial score (nSPS) is 17.8. The first-order valence-corrected chi connectivity index (χ1v) is 6.46. The van der Waals surface area contributed by atoms with Crippen molar-refractivity contribution < 1.29 is 19.1 Å². The maximum atomic E-state index is 12.0. The van der Waals surface area contributed by atoms with Crippen molar-refractivity contribution in [1.29, 1.82) is 0 Å². The molecule has 102 valence electrons. The lowest BCUT2D eigenvalue weighted by Crippen LogP contribution is -2.37. The molecule has 18 heavy (non-hydrogen) atoms. The first-order valence-electron chi connectivity index (χ1n) is 6.46. The van der Waals surface area contributed by atoms with Crippen molar-refractivity contribution >= 4 is 17.5 Å². The zero-order valence-electron chi connectivity index (χ0n) is 11.6. The molecule has 1 rings (SSSR count). The van der Waals surface area contributed by atoms with Gasteiger partial charge in [-0.25, -0.2) is 0 Å². The van der Waals surface area contributed by atoms with E-state index in [9.17, 15) is 14.4 Å². The van der Waals surface area contributed by atoms with E-state index in [1.54, 1.807) is 20.8 Å². The maximum absolute atomic E-state index is 12.0. The molecule has 0 radical (unpaired) electrons. The van der Waals surface area contributed by atoms with Crippen LogP contribution in [0, 0.1) is 11.8 Å². The van der Waals surface area contributed by atoms with Gasteiger partial charge < -0.3 is 4.74 Å². The Labute approximate surface area is 108 Å². The Bertz CT molecular complexity index is 347. The highest BCUT2D eigenvalue weighted by Gasteiger charge is 2.36. The van der Waals surface area contributed by atoms with Gasteiger partial charge in [-0.15, -0.1) is 0 Å². The van der Waals surface area contributed by atoms with Crippen LogP contribution in [-0.4, -0.2) is 23.1 Å². The topological polar surface area (TPSA) is 60.4 Å². The minimum atomic E-state index is -1.23. The summed E-state index contributed by atoms with van der Waals surface area (Å²) in [6.45, 7) is 6.43. The van der Waals surface area contributed by atoms with Gasteiger partial charge >= 0.3 is 5.97 Å². The average Bonchev–Trinajstić information content (AvgIpc) is 2.07. The van der Waals surface area contributed by atoms with Crippen LogP contribution < -0.4 is 0 Å². The molecule has 0 saturated heterocycles. The van der Waals surface area contributed by atoms with Crippen LogP contribution in [0.3, 0.4) is 0 Å². The molecule has 1 aliphatic rings. The monoisotopic (exact) mass is 254 g/mol. The van der Waals surface area contributed by atoms with Gasteiger partial charge in [-0.2, -0.15) is 0 Å². The van der Waals surface area contributed by atoms with E-state index >= 15 is 0 Å². The van der Waals surface area contributed by atoms with Crippen LogP contribution in [0.25, 0.3) is 0 Å². The molecule has 0 aliphatic heterocycles. The van der Waals surface area contributed by atoms with Gasteiger partial charge in [-0.3, -0.25) is 14.4 Å². The number of carbonyl (C=O) groups is 3. The molecule has 1 aliphatic carbocycles. The lowest BCUT2D eigenvalue weighted by molar-refractivity contribution is -0.163. The fourth-order valence-electron chi connectivity index (χ4n) is 1.98. The Morgan fingerprint density at radius 2 is 1.78 bits per heavy atom. The van der Waals surface area contributed by atoms with Crippen molar-refractivity contribution in [3.63, 3.8) is 0 Å². The molecule has 0 bridgehead atoms.